The minimum atomic E-state index is -0.127. The normalized spacial score (nSPS) is 15.9. The van der Waals surface area contributed by atoms with Crippen molar-refractivity contribution in [2.24, 2.45) is 0 Å². The van der Waals surface area contributed by atoms with Crippen LogP contribution in [0.25, 0.3) is 6.08 Å². The van der Waals surface area contributed by atoms with Gasteiger partial charge in [0, 0.05) is 12.1 Å². The second-order valence-corrected chi connectivity index (χ2v) is 6.24. The number of hydrogen-bond acceptors (Lipinski definition) is 5. The first kappa shape index (κ1) is 17.3. The van der Waals surface area contributed by atoms with E-state index in [-0.39, 0.29) is 5.91 Å². The molecule has 1 aliphatic heterocycles. The lowest BCUT2D eigenvalue weighted by Gasteiger charge is -2.12. The molecule has 0 radical (unpaired) electrons. The molecule has 0 saturated carbocycles. The Balaban J connectivity index is 2.39. The molecule has 1 aromatic rings. The van der Waals surface area contributed by atoms with Crippen molar-refractivity contribution in [3.63, 3.8) is 0 Å². The van der Waals surface area contributed by atoms with Crippen LogP contribution in [-0.4, -0.2) is 35.4 Å². The number of carbonyl (C=O) groups is 1. The summed E-state index contributed by atoms with van der Waals surface area (Å²) in [6, 6.07) is 5.51. The Morgan fingerprint density at radius 3 is 2.78 bits per heavy atom. The molecule has 0 aromatic heterocycles. The fraction of sp³-hybridized carbons (Fsp3) is 0.176. The standard InChI is InChI=1S/C17H17NO3S2/c1-4-9-18-16(19)14(23-17(18)22)11-12-7-6-8-13(20-3)15(12)21-10-5-2/h4-8,11H,1-2,9-10H2,3H3/b14-11+. The molecule has 1 fully saturated rings. The van der Waals surface area contributed by atoms with Crippen molar-refractivity contribution in [3.8, 4) is 11.5 Å². The highest BCUT2D eigenvalue weighted by atomic mass is 32.2. The van der Waals surface area contributed by atoms with Crippen LogP contribution in [0.2, 0.25) is 0 Å². The number of hydrogen-bond donors (Lipinski definition) is 0. The zero-order chi connectivity index (χ0) is 16.8. The van der Waals surface area contributed by atoms with Gasteiger partial charge in [0.2, 0.25) is 0 Å². The maximum atomic E-state index is 12.4. The third kappa shape index (κ3) is 3.83. The van der Waals surface area contributed by atoms with Crippen LogP contribution in [-0.2, 0) is 4.79 Å². The third-order valence-electron chi connectivity index (χ3n) is 3.05. The molecule has 0 N–H and O–H groups in total. The Labute approximate surface area is 145 Å². The van der Waals surface area contributed by atoms with Gasteiger partial charge in [0.15, 0.2) is 11.5 Å². The summed E-state index contributed by atoms with van der Waals surface area (Å²) in [4.78, 5) is 14.5. The molecule has 1 saturated heterocycles. The van der Waals surface area contributed by atoms with Crippen LogP contribution in [0.4, 0.5) is 0 Å². The number of methoxy groups -OCH3 is 1. The molecule has 23 heavy (non-hydrogen) atoms. The summed E-state index contributed by atoms with van der Waals surface area (Å²) >= 11 is 6.51. The first-order valence-electron chi connectivity index (χ1n) is 6.89. The van der Waals surface area contributed by atoms with Gasteiger partial charge < -0.3 is 9.47 Å². The number of rotatable bonds is 7. The summed E-state index contributed by atoms with van der Waals surface area (Å²) in [5, 5.41) is 0. The summed E-state index contributed by atoms with van der Waals surface area (Å²) in [5.74, 6) is 1.04. The van der Waals surface area contributed by atoms with E-state index in [4.69, 9.17) is 21.7 Å². The number of benzene rings is 1. The first-order valence-corrected chi connectivity index (χ1v) is 8.11. The van der Waals surface area contributed by atoms with E-state index in [0.717, 1.165) is 5.56 Å². The lowest BCUT2D eigenvalue weighted by atomic mass is 10.1. The average Bonchev–Trinajstić information content (AvgIpc) is 2.81. The highest BCUT2D eigenvalue weighted by Gasteiger charge is 2.31. The van der Waals surface area contributed by atoms with E-state index in [2.05, 4.69) is 13.2 Å². The number of thiocarbonyl (C=S) groups is 1. The van der Waals surface area contributed by atoms with E-state index in [1.807, 2.05) is 12.1 Å². The van der Waals surface area contributed by atoms with Gasteiger partial charge in [0.25, 0.3) is 5.91 Å². The fourth-order valence-corrected chi connectivity index (χ4v) is 3.30. The summed E-state index contributed by atoms with van der Waals surface area (Å²) in [5.41, 5.74) is 0.755. The van der Waals surface area contributed by atoms with Crippen LogP contribution < -0.4 is 9.47 Å². The van der Waals surface area contributed by atoms with Crippen molar-refractivity contribution in [2.45, 2.75) is 0 Å². The number of thioether (sulfide) groups is 1. The van der Waals surface area contributed by atoms with Gasteiger partial charge in [-0.05, 0) is 12.1 Å². The Hall–Kier alpha value is -2.05. The quantitative estimate of drug-likeness (QED) is 0.428. The van der Waals surface area contributed by atoms with E-state index in [9.17, 15) is 4.79 Å². The average molecular weight is 347 g/mol. The summed E-state index contributed by atoms with van der Waals surface area (Å²) in [6.07, 6.45) is 5.07. The molecule has 2 rings (SSSR count). The molecule has 0 unspecified atom stereocenters. The summed E-state index contributed by atoms with van der Waals surface area (Å²) in [6.45, 7) is 8.04. The van der Waals surface area contributed by atoms with Gasteiger partial charge in [-0.3, -0.25) is 9.69 Å². The first-order chi connectivity index (χ1) is 11.1. The Kier molecular flexibility index (Phi) is 6.01. The predicted molar refractivity (Wildman–Crippen MR) is 98.8 cm³/mol. The topological polar surface area (TPSA) is 38.8 Å². The molecular weight excluding hydrogens is 330 g/mol. The third-order valence-corrected chi connectivity index (χ3v) is 4.42. The van der Waals surface area contributed by atoms with Crippen molar-refractivity contribution in [1.29, 1.82) is 0 Å². The van der Waals surface area contributed by atoms with Crippen LogP contribution in [0, 0.1) is 0 Å². The largest absolute Gasteiger partial charge is 0.493 e. The molecule has 1 amide bonds. The highest BCUT2D eigenvalue weighted by Crippen LogP contribution is 2.37. The van der Waals surface area contributed by atoms with Gasteiger partial charge in [-0.15, -0.1) is 6.58 Å². The summed E-state index contributed by atoms with van der Waals surface area (Å²) < 4.78 is 11.5. The number of nitrogens with zero attached hydrogens (tertiary/aromatic N) is 1. The fourth-order valence-electron chi connectivity index (χ4n) is 2.03. The molecule has 0 aliphatic carbocycles. The second kappa shape index (κ2) is 7.99. The van der Waals surface area contributed by atoms with E-state index < -0.39 is 0 Å². The lowest BCUT2D eigenvalue weighted by Crippen LogP contribution is -2.27. The van der Waals surface area contributed by atoms with Gasteiger partial charge in [-0.2, -0.15) is 0 Å². The van der Waals surface area contributed by atoms with Crippen molar-refractivity contribution in [2.75, 3.05) is 20.3 Å². The van der Waals surface area contributed by atoms with Gasteiger partial charge in [-0.1, -0.05) is 54.8 Å². The van der Waals surface area contributed by atoms with Crippen molar-refractivity contribution < 1.29 is 14.3 Å². The van der Waals surface area contributed by atoms with Crippen LogP contribution in [0.5, 0.6) is 11.5 Å². The summed E-state index contributed by atoms with van der Waals surface area (Å²) in [7, 11) is 1.57. The minimum absolute atomic E-state index is 0.127. The number of para-hydroxylation sites is 1. The van der Waals surface area contributed by atoms with Gasteiger partial charge in [-0.25, -0.2) is 0 Å². The van der Waals surface area contributed by atoms with Crippen molar-refractivity contribution in [3.05, 3.63) is 54.0 Å². The zero-order valence-electron chi connectivity index (χ0n) is 12.8. The zero-order valence-corrected chi connectivity index (χ0v) is 14.4. The van der Waals surface area contributed by atoms with E-state index in [1.165, 1.54) is 16.7 Å². The lowest BCUT2D eigenvalue weighted by molar-refractivity contribution is -0.121. The number of ether oxygens (including phenoxy) is 2. The van der Waals surface area contributed by atoms with Crippen LogP contribution in [0.3, 0.4) is 0 Å². The number of carbonyl (C=O) groups excluding carboxylic acids is 1. The van der Waals surface area contributed by atoms with Crippen LogP contribution in [0.15, 0.2) is 48.4 Å². The van der Waals surface area contributed by atoms with Crippen LogP contribution >= 0.6 is 24.0 Å². The monoisotopic (exact) mass is 347 g/mol. The maximum Gasteiger partial charge on any atom is 0.266 e. The smallest absolute Gasteiger partial charge is 0.266 e. The molecule has 4 nitrogen and oxygen atoms in total. The predicted octanol–water partition coefficient (Wildman–Crippen LogP) is 3.65. The Bertz CT molecular complexity index is 682. The van der Waals surface area contributed by atoms with Gasteiger partial charge >= 0.3 is 0 Å². The minimum Gasteiger partial charge on any atom is -0.493 e. The Morgan fingerprint density at radius 2 is 2.13 bits per heavy atom. The molecule has 0 bridgehead atoms. The molecule has 120 valence electrons. The molecule has 1 aromatic carbocycles. The molecule has 0 spiro atoms. The SMILES string of the molecule is C=CCOc1c(/C=C2/SC(=S)N(CC=C)C2=O)cccc1OC. The van der Waals surface area contributed by atoms with Crippen molar-refractivity contribution in [1.82, 2.24) is 4.90 Å². The Morgan fingerprint density at radius 1 is 1.35 bits per heavy atom. The highest BCUT2D eigenvalue weighted by molar-refractivity contribution is 8.26. The van der Waals surface area contributed by atoms with E-state index >= 15 is 0 Å². The second-order valence-electron chi connectivity index (χ2n) is 4.56. The molecule has 1 heterocycles. The van der Waals surface area contributed by atoms with E-state index in [0.29, 0.717) is 33.9 Å². The number of amides is 1. The molecule has 1 aliphatic rings. The maximum absolute atomic E-state index is 12.4. The molecular formula is C17H17NO3S2. The molecule has 0 atom stereocenters. The van der Waals surface area contributed by atoms with Gasteiger partial charge in [0.1, 0.15) is 10.9 Å². The van der Waals surface area contributed by atoms with Crippen molar-refractivity contribution >= 4 is 40.3 Å². The van der Waals surface area contributed by atoms with Gasteiger partial charge in [0.05, 0.1) is 12.0 Å². The van der Waals surface area contributed by atoms with E-state index in [1.54, 1.807) is 31.4 Å². The molecule has 6 heteroatoms. The van der Waals surface area contributed by atoms with Crippen LogP contribution in [0.1, 0.15) is 5.56 Å².